The topological polar surface area (TPSA) is 9.23 Å². The van der Waals surface area contributed by atoms with E-state index >= 15 is 0 Å². The molecule has 0 saturated carbocycles. The number of ether oxygens (including phenoxy) is 1. The van der Waals surface area contributed by atoms with Crippen molar-refractivity contribution in [3.8, 4) is 0 Å². The molecule has 0 heterocycles. The van der Waals surface area contributed by atoms with E-state index in [9.17, 15) is 0 Å². The molecule has 6 heavy (non-hydrogen) atoms. The van der Waals surface area contributed by atoms with Gasteiger partial charge < -0.3 is 4.74 Å². The number of rotatable bonds is 3. The minimum Gasteiger partial charge on any atom is -0.555 e. The second-order valence-corrected chi connectivity index (χ2v) is 1.26. The van der Waals surface area contributed by atoms with Gasteiger partial charge in [-0.25, -0.2) is 7.11 Å². The molecular weight excluding hydrogens is 76.1 g/mol. The fourth-order valence-corrected chi connectivity index (χ4v) is 0.246. The molecule has 0 radical (unpaired) electrons. The molecule has 0 bridgehead atoms. The van der Waals surface area contributed by atoms with Crippen molar-refractivity contribution in [1.29, 1.82) is 0 Å². The normalized spacial score (nSPS) is 9.00. The first-order valence-electron chi connectivity index (χ1n) is 2.28. The molecule has 0 aliphatic rings. The third-order valence-electron chi connectivity index (χ3n) is 0.642. The zero-order chi connectivity index (χ0) is 4.83. The Kier molecular flexibility index (Phi) is 4.93. The van der Waals surface area contributed by atoms with E-state index in [1.54, 1.807) is 0 Å². The number of hydrogen-bond donors (Lipinski definition) is 0. The van der Waals surface area contributed by atoms with Gasteiger partial charge in [0.1, 0.15) is 0 Å². The van der Waals surface area contributed by atoms with Gasteiger partial charge in [0.2, 0.25) is 0 Å². The third-order valence-corrected chi connectivity index (χ3v) is 0.642. The van der Waals surface area contributed by atoms with Crippen LogP contribution in [0.25, 0.3) is 0 Å². The molecule has 0 amide bonds. The Morgan fingerprint density at radius 2 is 2.33 bits per heavy atom. The highest BCUT2D eigenvalue weighted by molar-refractivity contribution is 4.27. The van der Waals surface area contributed by atoms with Gasteiger partial charge in [0, 0.05) is 6.61 Å². The maximum absolute atomic E-state index is 4.53. The van der Waals surface area contributed by atoms with Crippen LogP contribution in [0, 0.1) is 7.11 Å². The number of hydrogen-bond acceptors (Lipinski definition) is 1. The Hall–Kier alpha value is -0.0400. The summed E-state index contributed by atoms with van der Waals surface area (Å²) in [5, 5.41) is 0. The lowest BCUT2D eigenvalue weighted by molar-refractivity contribution is 0.236. The fraction of sp³-hybridized carbons (Fsp3) is 0.800. The van der Waals surface area contributed by atoms with Crippen molar-refractivity contribution in [3.05, 3.63) is 7.11 Å². The van der Waals surface area contributed by atoms with Crippen LogP contribution in [0.1, 0.15) is 19.8 Å². The quantitative estimate of drug-likeness (QED) is 0.375. The van der Waals surface area contributed by atoms with Crippen LogP contribution in [-0.4, -0.2) is 6.61 Å². The minimum absolute atomic E-state index is 0.802. The van der Waals surface area contributed by atoms with Crippen LogP contribution in [-0.2, 0) is 4.74 Å². The van der Waals surface area contributed by atoms with Gasteiger partial charge in [-0.2, -0.15) is 0 Å². The van der Waals surface area contributed by atoms with Crippen LogP contribution in [0.3, 0.4) is 0 Å². The summed E-state index contributed by atoms with van der Waals surface area (Å²) in [6, 6.07) is 0. The zero-order valence-electron chi connectivity index (χ0n) is 4.24. The average Bonchev–Trinajstić information content (AvgIpc) is 1.61. The van der Waals surface area contributed by atoms with Crippen molar-refractivity contribution < 1.29 is 4.74 Å². The van der Waals surface area contributed by atoms with Crippen LogP contribution in [0.2, 0.25) is 0 Å². The Morgan fingerprint density at radius 1 is 1.67 bits per heavy atom. The van der Waals surface area contributed by atoms with Crippen molar-refractivity contribution in [3.63, 3.8) is 0 Å². The molecule has 0 atom stereocenters. The van der Waals surface area contributed by atoms with Crippen LogP contribution in [0.4, 0.5) is 0 Å². The lowest BCUT2D eigenvalue weighted by Gasteiger charge is -1.98. The van der Waals surface area contributed by atoms with Gasteiger partial charge >= 0.3 is 0 Å². The average molecular weight is 87.1 g/mol. The van der Waals surface area contributed by atoms with Crippen LogP contribution < -0.4 is 0 Å². The summed E-state index contributed by atoms with van der Waals surface area (Å²) < 4.78 is 4.53. The van der Waals surface area contributed by atoms with Crippen molar-refractivity contribution >= 4 is 0 Å². The van der Waals surface area contributed by atoms with Gasteiger partial charge in [-0.05, 0) is 6.42 Å². The second kappa shape index (κ2) is 4.96. The lowest BCUT2D eigenvalue weighted by Crippen LogP contribution is -1.81. The summed E-state index contributed by atoms with van der Waals surface area (Å²) >= 11 is 0. The molecule has 0 aliphatic heterocycles. The van der Waals surface area contributed by atoms with E-state index in [-0.39, 0.29) is 0 Å². The Bertz CT molecular complexity index is 15.9. The van der Waals surface area contributed by atoms with Gasteiger partial charge in [0.15, 0.2) is 0 Å². The van der Waals surface area contributed by atoms with Gasteiger partial charge in [0.05, 0.1) is 0 Å². The van der Waals surface area contributed by atoms with E-state index < -0.39 is 0 Å². The van der Waals surface area contributed by atoms with Gasteiger partial charge in [-0.15, -0.1) is 0 Å². The third kappa shape index (κ3) is 3.96. The van der Waals surface area contributed by atoms with Crippen LogP contribution >= 0.6 is 0 Å². The van der Waals surface area contributed by atoms with E-state index in [0.717, 1.165) is 13.0 Å². The molecule has 0 aromatic rings. The highest BCUT2D eigenvalue weighted by Gasteiger charge is 1.70. The van der Waals surface area contributed by atoms with Gasteiger partial charge in [0.25, 0.3) is 0 Å². The van der Waals surface area contributed by atoms with E-state index in [0.29, 0.717) is 0 Å². The zero-order valence-corrected chi connectivity index (χ0v) is 4.24. The van der Waals surface area contributed by atoms with Gasteiger partial charge in [-0.1, -0.05) is 13.3 Å². The molecule has 0 aromatic heterocycles. The largest absolute Gasteiger partial charge is 0.555 e. The predicted molar refractivity (Wildman–Crippen MR) is 26.2 cm³/mol. The van der Waals surface area contributed by atoms with Crippen molar-refractivity contribution in [2.75, 3.05) is 6.61 Å². The highest BCUT2D eigenvalue weighted by Crippen LogP contribution is 1.84. The maximum atomic E-state index is 4.53. The Morgan fingerprint density at radius 3 is 2.50 bits per heavy atom. The van der Waals surface area contributed by atoms with Crippen molar-refractivity contribution in [2.45, 2.75) is 19.8 Å². The summed E-state index contributed by atoms with van der Waals surface area (Å²) in [5.41, 5.74) is 0. The van der Waals surface area contributed by atoms with E-state index in [2.05, 4.69) is 18.8 Å². The van der Waals surface area contributed by atoms with Crippen LogP contribution in [0.5, 0.6) is 0 Å². The first-order valence-corrected chi connectivity index (χ1v) is 2.28. The first-order chi connectivity index (χ1) is 2.91. The van der Waals surface area contributed by atoms with E-state index in [1.165, 1.54) is 6.42 Å². The monoisotopic (exact) mass is 87.1 g/mol. The fourth-order valence-electron chi connectivity index (χ4n) is 0.246. The summed E-state index contributed by atoms with van der Waals surface area (Å²) in [4.78, 5) is 0. The summed E-state index contributed by atoms with van der Waals surface area (Å²) in [7, 11) is 3.22. The summed E-state index contributed by atoms with van der Waals surface area (Å²) in [6.07, 6.45) is 2.32. The SMILES string of the molecule is [CH2-]OCCCC. The minimum atomic E-state index is 0.802. The summed E-state index contributed by atoms with van der Waals surface area (Å²) in [6.45, 7) is 2.93. The molecule has 0 rings (SSSR count). The standard InChI is InChI=1S/C5H11O/c1-3-4-5-6-2/h2-5H2,1H3/q-1. The van der Waals surface area contributed by atoms with Crippen molar-refractivity contribution in [2.24, 2.45) is 0 Å². The molecular formula is C5H11O-. The highest BCUT2D eigenvalue weighted by atomic mass is 16.5. The molecule has 0 aliphatic carbocycles. The molecule has 0 saturated heterocycles. The predicted octanol–water partition coefficient (Wildman–Crippen LogP) is 1.59. The molecule has 0 fully saturated rings. The first kappa shape index (κ1) is 5.96. The summed E-state index contributed by atoms with van der Waals surface area (Å²) in [5.74, 6) is 0. The second-order valence-electron chi connectivity index (χ2n) is 1.26. The smallest absolute Gasteiger partial charge is 0.0110 e. The van der Waals surface area contributed by atoms with Crippen LogP contribution in [0.15, 0.2) is 0 Å². The molecule has 1 heteroatoms. The van der Waals surface area contributed by atoms with Crippen molar-refractivity contribution in [1.82, 2.24) is 0 Å². The number of unbranched alkanes of at least 4 members (excludes halogenated alkanes) is 1. The Balaban J connectivity index is 2.34. The van der Waals surface area contributed by atoms with E-state index in [1.807, 2.05) is 0 Å². The molecule has 0 aromatic carbocycles. The molecule has 0 spiro atoms. The molecule has 38 valence electrons. The van der Waals surface area contributed by atoms with E-state index in [4.69, 9.17) is 0 Å². The lowest BCUT2D eigenvalue weighted by atomic mass is 10.4. The van der Waals surface area contributed by atoms with Gasteiger partial charge in [-0.3, -0.25) is 0 Å². The Labute approximate surface area is 39.3 Å². The molecule has 0 unspecified atom stereocenters. The maximum Gasteiger partial charge on any atom is 0.0110 e. The molecule has 1 nitrogen and oxygen atoms in total. The molecule has 0 N–H and O–H groups in total.